The van der Waals surface area contributed by atoms with Crippen LogP contribution < -0.4 is 4.74 Å². The Balaban J connectivity index is 3.08. The molecule has 18 heavy (non-hydrogen) atoms. The highest BCUT2D eigenvalue weighted by atomic mass is 16.5. The lowest BCUT2D eigenvalue weighted by atomic mass is 10.0. The number of unbranched alkanes of at least 4 members (excludes halogenated alkanes) is 1. The first-order valence-corrected chi connectivity index (χ1v) is 6.61. The number of carbonyl (C=O) groups is 1. The van der Waals surface area contributed by atoms with Crippen LogP contribution in [0.2, 0.25) is 0 Å². The van der Waals surface area contributed by atoms with Crippen LogP contribution in [0.15, 0.2) is 24.8 Å². The van der Waals surface area contributed by atoms with Crippen LogP contribution >= 0.6 is 0 Å². The summed E-state index contributed by atoms with van der Waals surface area (Å²) < 4.78 is 5.77. The number of aldehydes is 1. The van der Waals surface area contributed by atoms with Crippen molar-refractivity contribution in [2.24, 2.45) is 0 Å². The summed E-state index contributed by atoms with van der Waals surface area (Å²) in [5.74, 6) is 0.732. The minimum Gasteiger partial charge on any atom is -0.493 e. The highest BCUT2D eigenvalue weighted by Crippen LogP contribution is 2.26. The van der Waals surface area contributed by atoms with Gasteiger partial charge in [-0.05, 0) is 36.5 Å². The molecule has 0 unspecified atom stereocenters. The van der Waals surface area contributed by atoms with Crippen molar-refractivity contribution in [1.29, 1.82) is 0 Å². The fraction of sp³-hybridized carbons (Fsp3) is 0.438. The number of carbonyl (C=O) groups excluding carboxylic acids is 1. The Morgan fingerprint density at radius 1 is 1.33 bits per heavy atom. The molecular formula is C16H22O2. The van der Waals surface area contributed by atoms with Gasteiger partial charge in [-0.15, -0.1) is 6.58 Å². The van der Waals surface area contributed by atoms with E-state index in [1.165, 1.54) is 0 Å². The van der Waals surface area contributed by atoms with Gasteiger partial charge >= 0.3 is 0 Å². The van der Waals surface area contributed by atoms with E-state index in [4.69, 9.17) is 4.74 Å². The molecular weight excluding hydrogens is 224 g/mol. The fourth-order valence-corrected chi connectivity index (χ4v) is 1.88. The van der Waals surface area contributed by atoms with Crippen LogP contribution in [-0.4, -0.2) is 12.9 Å². The first-order valence-electron chi connectivity index (χ1n) is 6.61. The van der Waals surface area contributed by atoms with Crippen LogP contribution in [0.1, 0.15) is 48.2 Å². The Morgan fingerprint density at radius 2 is 2.11 bits per heavy atom. The van der Waals surface area contributed by atoms with E-state index in [2.05, 4.69) is 26.5 Å². The van der Waals surface area contributed by atoms with E-state index in [-0.39, 0.29) is 0 Å². The largest absolute Gasteiger partial charge is 0.493 e. The van der Waals surface area contributed by atoms with Crippen LogP contribution in [0.5, 0.6) is 5.75 Å². The van der Waals surface area contributed by atoms with E-state index in [9.17, 15) is 4.79 Å². The number of aryl methyl sites for hydroxylation is 1. The molecule has 1 aromatic rings. The molecule has 1 rings (SSSR count). The van der Waals surface area contributed by atoms with E-state index in [1.807, 2.05) is 12.1 Å². The molecule has 0 spiro atoms. The van der Waals surface area contributed by atoms with E-state index in [0.717, 1.165) is 48.8 Å². The normalized spacial score (nSPS) is 10.1. The molecule has 0 fully saturated rings. The molecule has 0 aliphatic carbocycles. The van der Waals surface area contributed by atoms with Gasteiger partial charge in [-0.25, -0.2) is 0 Å². The van der Waals surface area contributed by atoms with Crippen molar-refractivity contribution >= 4 is 6.29 Å². The molecule has 2 nitrogen and oxygen atoms in total. The monoisotopic (exact) mass is 246 g/mol. The van der Waals surface area contributed by atoms with Gasteiger partial charge in [0.25, 0.3) is 0 Å². The fourth-order valence-electron chi connectivity index (χ4n) is 1.88. The van der Waals surface area contributed by atoms with Gasteiger partial charge in [0, 0.05) is 0 Å². The van der Waals surface area contributed by atoms with Gasteiger partial charge in [0.2, 0.25) is 0 Å². The highest BCUT2D eigenvalue weighted by Gasteiger charge is 2.10. The zero-order valence-corrected chi connectivity index (χ0v) is 11.4. The van der Waals surface area contributed by atoms with Gasteiger partial charge in [-0.2, -0.15) is 0 Å². The Labute approximate surface area is 110 Å². The van der Waals surface area contributed by atoms with Crippen LogP contribution in [0.25, 0.3) is 0 Å². The van der Waals surface area contributed by atoms with Crippen LogP contribution in [0.4, 0.5) is 0 Å². The van der Waals surface area contributed by atoms with Crippen molar-refractivity contribution < 1.29 is 9.53 Å². The topological polar surface area (TPSA) is 26.3 Å². The van der Waals surface area contributed by atoms with Crippen molar-refractivity contribution in [3.8, 4) is 5.75 Å². The molecule has 0 atom stereocenters. The third-order valence-electron chi connectivity index (χ3n) is 2.90. The summed E-state index contributed by atoms with van der Waals surface area (Å²) in [6, 6.07) is 4.02. The molecule has 0 saturated carbocycles. The maximum Gasteiger partial charge on any atom is 0.153 e. The van der Waals surface area contributed by atoms with Crippen molar-refractivity contribution in [3.63, 3.8) is 0 Å². The van der Waals surface area contributed by atoms with Gasteiger partial charge in [0.05, 0.1) is 12.2 Å². The second-order valence-corrected chi connectivity index (χ2v) is 4.34. The van der Waals surface area contributed by atoms with Crippen LogP contribution in [0, 0.1) is 0 Å². The molecule has 98 valence electrons. The zero-order chi connectivity index (χ0) is 13.4. The molecule has 0 bridgehead atoms. The summed E-state index contributed by atoms with van der Waals surface area (Å²) in [5, 5.41) is 0. The number of benzene rings is 1. The lowest BCUT2D eigenvalue weighted by Crippen LogP contribution is -2.04. The first-order chi connectivity index (χ1) is 8.76. The smallest absolute Gasteiger partial charge is 0.153 e. The Kier molecular flexibility index (Phi) is 6.20. The molecule has 0 aliphatic heterocycles. The molecule has 0 aliphatic rings. The van der Waals surface area contributed by atoms with Crippen LogP contribution in [-0.2, 0) is 12.8 Å². The molecule has 0 heterocycles. The van der Waals surface area contributed by atoms with E-state index >= 15 is 0 Å². The lowest BCUT2D eigenvalue weighted by Gasteiger charge is -2.14. The number of allylic oxidation sites excluding steroid dienone is 1. The van der Waals surface area contributed by atoms with Gasteiger partial charge in [0.15, 0.2) is 6.29 Å². The summed E-state index contributed by atoms with van der Waals surface area (Å²) in [6.07, 6.45) is 6.46. The third kappa shape index (κ3) is 3.73. The van der Waals surface area contributed by atoms with E-state index < -0.39 is 0 Å². The van der Waals surface area contributed by atoms with Crippen molar-refractivity contribution in [2.75, 3.05) is 6.61 Å². The quantitative estimate of drug-likeness (QED) is 0.394. The van der Waals surface area contributed by atoms with Gasteiger partial charge in [0.1, 0.15) is 5.75 Å². The lowest BCUT2D eigenvalue weighted by molar-refractivity contribution is 0.111. The summed E-state index contributed by atoms with van der Waals surface area (Å²) in [6.45, 7) is 8.62. The summed E-state index contributed by atoms with van der Waals surface area (Å²) in [5.41, 5.74) is 2.88. The summed E-state index contributed by atoms with van der Waals surface area (Å²) in [4.78, 5) is 11.2. The third-order valence-corrected chi connectivity index (χ3v) is 2.90. The molecule has 0 amide bonds. The minimum atomic E-state index is 0.655. The number of ether oxygens (including phenoxy) is 1. The average Bonchev–Trinajstić information content (AvgIpc) is 2.40. The second kappa shape index (κ2) is 7.70. The molecule has 0 radical (unpaired) electrons. The number of hydrogen-bond acceptors (Lipinski definition) is 2. The molecule has 2 heteroatoms. The Hall–Kier alpha value is -1.57. The maximum atomic E-state index is 11.2. The molecule has 0 saturated heterocycles. The van der Waals surface area contributed by atoms with E-state index in [0.29, 0.717) is 12.2 Å². The maximum absolute atomic E-state index is 11.2. The first kappa shape index (κ1) is 14.5. The van der Waals surface area contributed by atoms with E-state index in [1.54, 1.807) is 0 Å². The number of hydrogen-bond donors (Lipinski definition) is 0. The SMILES string of the molecule is C=CCc1cc(CC)cc(C=O)c1OCCCC. The summed E-state index contributed by atoms with van der Waals surface area (Å²) >= 11 is 0. The predicted molar refractivity (Wildman–Crippen MR) is 75.5 cm³/mol. The van der Waals surface area contributed by atoms with Crippen LogP contribution in [0.3, 0.4) is 0 Å². The molecule has 0 aromatic heterocycles. The molecule has 0 N–H and O–H groups in total. The van der Waals surface area contributed by atoms with Crippen molar-refractivity contribution in [3.05, 3.63) is 41.5 Å². The minimum absolute atomic E-state index is 0.655. The number of rotatable bonds is 8. The van der Waals surface area contributed by atoms with Gasteiger partial charge in [-0.1, -0.05) is 32.4 Å². The van der Waals surface area contributed by atoms with Gasteiger partial charge < -0.3 is 4.74 Å². The predicted octanol–water partition coefficient (Wildman–Crippen LogP) is 3.97. The Bertz CT molecular complexity index is 408. The average molecular weight is 246 g/mol. The highest BCUT2D eigenvalue weighted by molar-refractivity contribution is 5.80. The van der Waals surface area contributed by atoms with Crippen molar-refractivity contribution in [1.82, 2.24) is 0 Å². The van der Waals surface area contributed by atoms with Gasteiger partial charge in [-0.3, -0.25) is 4.79 Å². The standard InChI is InChI=1S/C16H22O2/c1-4-7-9-18-16-14(8-5-2)10-13(6-3)11-15(16)12-17/h5,10-12H,2,4,6-9H2,1,3H3. The second-order valence-electron chi connectivity index (χ2n) is 4.34. The van der Waals surface area contributed by atoms with Crippen molar-refractivity contribution in [2.45, 2.75) is 39.5 Å². The summed E-state index contributed by atoms with van der Waals surface area (Å²) in [7, 11) is 0. The zero-order valence-electron chi connectivity index (χ0n) is 11.4. The Morgan fingerprint density at radius 3 is 2.67 bits per heavy atom. The molecule has 1 aromatic carbocycles.